The van der Waals surface area contributed by atoms with E-state index in [9.17, 15) is 9.18 Å². The number of aromatic nitrogens is 2. The number of carbonyl (C=O) groups is 1. The van der Waals surface area contributed by atoms with Gasteiger partial charge in [-0.15, -0.1) is 0 Å². The highest BCUT2D eigenvalue weighted by molar-refractivity contribution is 5.81. The van der Waals surface area contributed by atoms with Crippen molar-refractivity contribution in [3.63, 3.8) is 0 Å². The Hall–Kier alpha value is -3.22. The van der Waals surface area contributed by atoms with Crippen molar-refractivity contribution in [1.29, 1.82) is 0 Å². The van der Waals surface area contributed by atoms with Gasteiger partial charge in [-0.25, -0.2) is 4.39 Å². The van der Waals surface area contributed by atoms with E-state index < -0.39 is 6.04 Å². The van der Waals surface area contributed by atoms with Crippen molar-refractivity contribution in [2.24, 2.45) is 0 Å². The topological polar surface area (TPSA) is 71.3 Å². The number of para-hydroxylation sites is 1. The van der Waals surface area contributed by atoms with Crippen LogP contribution in [0.2, 0.25) is 0 Å². The number of rotatable bonds is 6. The highest BCUT2D eigenvalue weighted by Gasteiger charge is 2.18. The molecule has 0 aliphatic rings. The monoisotopic (exact) mass is 354 g/mol. The van der Waals surface area contributed by atoms with Crippen molar-refractivity contribution in [1.82, 2.24) is 15.5 Å². The predicted octanol–water partition coefficient (Wildman–Crippen LogP) is 3.19. The molecule has 3 aromatic rings. The minimum Gasteiger partial charge on any atom is -0.365 e. The number of halogens is 1. The van der Waals surface area contributed by atoms with E-state index in [1.165, 1.54) is 12.1 Å². The molecule has 1 aromatic heterocycles. The quantitative estimate of drug-likeness (QED) is 0.736. The standard InChI is InChI=1S/C19H19FN4O2/c1-13(21-17(25)12-24(2)16-6-4-3-5-7-16)19-22-18(23-26-19)14-8-10-15(20)11-9-14/h3-11,13H,12H2,1-2H3,(H,21,25). The lowest BCUT2D eigenvalue weighted by molar-refractivity contribution is -0.120. The van der Waals surface area contributed by atoms with Gasteiger partial charge < -0.3 is 14.7 Å². The van der Waals surface area contributed by atoms with E-state index in [2.05, 4.69) is 15.5 Å². The van der Waals surface area contributed by atoms with E-state index in [1.54, 1.807) is 19.1 Å². The molecule has 6 nitrogen and oxygen atoms in total. The Labute approximate surface area is 150 Å². The minimum absolute atomic E-state index is 0.162. The second-order valence-corrected chi connectivity index (χ2v) is 5.94. The molecule has 3 rings (SSSR count). The van der Waals surface area contributed by atoms with Gasteiger partial charge in [0, 0.05) is 18.3 Å². The molecule has 1 heterocycles. The van der Waals surface area contributed by atoms with Gasteiger partial charge in [0.05, 0.1) is 6.54 Å². The maximum absolute atomic E-state index is 13.0. The summed E-state index contributed by atoms with van der Waals surface area (Å²) in [7, 11) is 1.85. The van der Waals surface area contributed by atoms with Gasteiger partial charge in [-0.2, -0.15) is 4.98 Å². The summed E-state index contributed by atoms with van der Waals surface area (Å²) in [6, 6.07) is 15.0. The summed E-state index contributed by atoms with van der Waals surface area (Å²) in [5.41, 5.74) is 1.59. The lowest BCUT2D eigenvalue weighted by Crippen LogP contribution is -2.36. The first kappa shape index (κ1) is 17.6. The molecule has 0 fully saturated rings. The molecule has 0 spiro atoms. The zero-order chi connectivity index (χ0) is 18.5. The zero-order valence-corrected chi connectivity index (χ0v) is 14.5. The van der Waals surface area contributed by atoms with Crippen LogP contribution in [0.4, 0.5) is 10.1 Å². The summed E-state index contributed by atoms with van der Waals surface area (Å²) in [5.74, 6) is 0.147. The maximum atomic E-state index is 13.0. The van der Waals surface area contributed by atoms with Crippen LogP contribution in [-0.4, -0.2) is 29.6 Å². The lowest BCUT2D eigenvalue weighted by atomic mass is 10.2. The number of carbonyl (C=O) groups excluding carboxylic acids is 1. The van der Waals surface area contributed by atoms with E-state index in [0.717, 1.165) is 5.69 Å². The molecular weight excluding hydrogens is 335 g/mol. The van der Waals surface area contributed by atoms with Gasteiger partial charge in [0.2, 0.25) is 17.6 Å². The fourth-order valence-electron chi connectivity index (χ4n) is 2.47. The fraction of sp³-hybridized carbons (Fsp3) is 0.211. The summed E-state index contributed by atoms with van der Waals surface area (Å²) in [6.07, 6.45) is 0. The van der Waals surface area contributed by atoms with Crippen LogP contribution in [0.25, 0.3) is 11.4 Å². The average Bonchev–Trinajstić information content (AvgIpc) is 3.13. The van der Waals surface area contributed by atoms with Crippen LogP contribution in [0.1, 0.15) is 18.9 Å². The zero-order valence-electron chi connectivity index (χ0n) is 14.5. The van der Waals surface area contributed by atoms with E-state index in [4.69, 9.17) is 4.52 Å². The molecule has 1 amide bonds. The van der Waals surface area contributed by atoms with Gasteiger partial charge in [-0.3, -0.25) is 4.79 Å². The van der Waals surface area contributed by atoms with Crippen molar-refractivity contribution in [3.05, 3.63) is 66.3 Å². The second-order valence-electron chi connectivity index (χ2n) is 5.94. The number of anilines is 1. The van der Waals surface area contributed by atoms with Crippen molar-refractivity contribution < 1.29 is 13.7 Å². The van der Waals surface area contributed by atoms with E-state index in [0.29, 0.717) is 17.3 Å². The molecule has 1 atom stereocenters. The van der Waals surface area contributed by atoms with Crippen LogP contribution in [0.3, 0.4) is 0 Å². The molecule has 7 heteroatoms. The Morgan fingerprint density at radius 3 is 2.58 bits per heavy atom. The lowest BCUT2D eigenvalue weighted by Gasteiger charge is -2.19. The minimum atomic E-state index is -0.437. The molecule has 0 saturated heterocycles. The molecule has 134 valence electrons. The Balaban J connectivity index is 1.60. The molecule has 1 N–H and O–H groups in total. The molecule has 1 unspecified atom stereocenters. The van der Waals surface area contributed by atoms with Crippen molar-refractivity contribution in [2.75, 3.05) is 18.5 Å². The third kappa shape index (κ3) is 4.24. The largest absolute Gasteiger partial charge is 0.365 e. The van der Waals surface area contributed by atoms with Gasteiger partial charge in [0.15, 0.2) is 0 Å². The predicted molar refractivity (Wildman–Crippen MR) is 96.0 cm³/mol. The first-order chi connectivity index (χ1) is 12.5. The molecule has 0 bridgehead atoms. The molecular formula is C19H19FN4O2. The van der Waals surface area contributed by atoms with Gasteiger partial charge in [0.1, 0.15) is 11.9 Å². The van der Waals surface area contributed by atoms with E-state index in [-0.39, 0.29) is 18.3 Å². The molecule has 2 aromatic carbocycles. The summed E-state index contributed by atoms with van der Waals surface area (Å²) in [4.78, 5) is 18.4. The number of hydrogen-bond donors (Lipinski definition) is 1. The van der Waals surface area contributed by atoms with Crippen LogP contribution in [-0.2, 0) is 4.79 Å². The summed E-state index contributed by atoms with van der Waals surface area (Å²) in [5, 5.41) is 6.72. The first-order valence-electron chi connectivity index (χ1n) is 8.18. The first-order valence-corrected chi connectivity index (χ1v) is 8.18. The fourth-order valence-corrected chi connectivity index (χ4v) is 2.47. The number of benzene rings is 2. The van der Waals surface area contributed by atoms with Crippen LogP contribution in [0.5, 0.6) is 0 Å². The Morgan fingerprint density at radius 1 is 1.19 bits per heavy atom. The van der Waals surface area contributed by atoms with Crippen LogP contribution in [0, 0.1) is 5.82 Å². The second kappa shape index (κ2) is 7.77. The third-order valence-electron chi connectivity index (χ3n) is 3.87. The van der Waals surface area contributed by atoms with Crippen LogP contribution in [0.15, 0.2) is 59.1 Å². The summed E-state index contributed by atoms with van der Waals surface area (Å²) >= 11 is 0. The third-order valence-corrected chi connectivity index (χ3v) is 3.87. The van der Waals surface area contributed by atoms with Gasteiger partial charge in [-0.05, 0) is 43.3 Å². The Kier molecular flexibility index (Phi) is 5.26. The number of hydrogen-bond acceptors (Lipinski definition) is 5. The van der Waals surface area contributed by atoms with Gasteiger partial charge >= 0.3 is 0 Å². The number of nitrogens with zero attached hydrogens (tertiary/aromatic N) is 3. The Bertz CT molecular complexity index is 865. The molecule has 0 aliphatic carbocycles. The van der Waals surface area contributed by atoms with Gasteiger partial charge in [0.25, 0.3) is 0 Å². The summed E-state index contributed by atoms with van der Waals surface area (Å²) < 4.78 is 18.2. The van der Waals surface area contributed by atoms with E-state index in [1.807, 2.05) is 42.3 Å². The molecule has 0 radical (unpaired) electrons. The highest BCUT2D eigenvalue weighted by atomic mass is 19.1. The van der Waals surface area contributed by atoms with Crippen molar-refractivity contribution in [3.8, 4) is 11.4 Å². The van der Waals surface area contributed by atoms with E-state index >= 15 is 0 Å². The molecule has 0 aliphatic heterocycles. The van der Waals surface area contributed by atoms with Crippen molar-refractivity contribution >= 4 is 11.6 Å². The van der Waals surface area contributed by atoms with Crippen LogP contribution >= 0.6 is 0 Å². The molecule has 26 heavy (non-hydrogen) atoms. The normalized spacial score (nSPS) is 11.8. The van der Waals surface area contributed by atoms with Crippen molar-refractivity contribution in [2.45, 2.75) is 13.0 Å². The van der Waals surface area contributed by atoms with Gasteiger partial charge in [-0.1, -0.05) is 23.4 Å². The Morgan fingerprint density at radius 2 is 1.88 bits per heavy atom. The average molecular weight is 354 g/mol. The van der Waals surface area contributed by atoms with Crippen LogP contribution < -0.4 is 10.2 Å². The highest BCUT2D eigenvalue weighted by Crippen LogP contribution is 2.19. The number of nitrogens with one attached hydrogen (secondary N) is 1. The summed E-state index contributed by atoms with van der Waals surface area (Å²) in [6.45, 7) is 1.97. The smallest absolute Gasteiger partial charge is 0.249 e. The maximum Gasteiger partial charge on any atom is 0.249 e. The number of likely N-dealkylation sites (N-methyl/N-ethyl adjacent to an activating group) is 1. The SMILES string of the molecule is CC(NC(=O)CN(C)c1ccccc1)c1nc(-c2ccc(F)cc2)no1. The molecule has 0 saturated carbocycles. The number of amides is 1.